The zero-order chi connectivity index (χ0) is 20.4. The number of hydrogen-bond acceptors (Lipinski definition) is 6. The molecule has 3 aromatic rings. The third-order valence-electron chi connectivity index (χ3n) is 3.03. The number of hydrogen-bond donors (Lipinski definition) is 2. The molecule has 0 aliphatic carbocycles. The molecule has 4 N–H and O–H groups in total. The van der Waals surface area contributed by atoms with Crippen LogP contribution in [0.15, 0.2) is 43.0 Å². The number of carbonyl (C=O) groups excluding carboxylic acids is 2. The van der Waals surface area contributed by atoms with Crippen LogP contribution in [0, 0.1) is 24.0 Å². The summed E-state index contributed by atoms with van der Waals surface area (Å²) in [5, 5.41) is 31.4. The highest BCUT2D eigenvalue weighted by Gasteiger charge is 2.18. The van der Waals surface area contributed by atoms with Crippen molar-refractivity contribution in [2.75, 3.05) is 0 Å². The van der Waals surface area contributed by atoms with Crippen LogP contribution in [0.5, 0.6) is 0 Å². The molecular formula is C16H17N5O6. The Kier molecular flexibility index (Phi) is 7.85. The van der Waals surface area contributed by atoms with Gasteiger partial charge in [0.15, 0.2) is 0 Å². The number of imidazole rings is 2. The van der Waals surface area contributed by atoms with E-state index in [9.17, 15) is 29.9 Å². The molecular weight excluding hydrogens is 358 g/mol. The van der Waals surface area contributed by atoms with Gasteiger partial charge in [-0.2, -0.15) is 0 Å². The first-order valence-corrected chi connectivity index (χ1v) is 7.47. The van der Waals surface area contributed by atoms with Gasteiger partial charge in [-0.05, 0) is 0 Å². The first-order chi connectivity index (χ1) is 12.7. The van der Waals surface area contributed by atoms with Gasteiger partial charge < -0.3 is 19.8 Å². The van der Waals surface area contributed by atoms with Gasteiger partial charge in [0.2, 0.25) is 11.6 Å². The van der Waals surface area contributed by atoms with Gasteiger partial charge in [0, 0.05) is 25.5 Å². The van der Waals surface area contributed by atoms with Gasteiger partial charge in [-0.3, -0.25) is 10.1 Å². The van der Waals surface area contributed by atoms with Crippen molar-refractivity contribution in [3.63, 3.8) is 0 Å². The Bertz CT molecular complexity index is 826. The summed E-state index contributed by atoms with van der Waals surface area (Å²) in [6, 6.07) is 2.82. The Morgan fingerprint density at radius 2 is 1.48 bits per heavy atom. The number of H-pyrrole nitrogens is 4. The second-order valence-corrected chi connectivity index (χ2v) is 5.03. The molecule has 0 fully saturated rings. The molecule has 0 unspecified atom stereocenters. The average molecular weight is 375 g/mol. The number of carboxylic acids is 2. The van der Waals surface area contributed by atoms with Crippen LogP contribution in [-0.4, -0.2) is 26.8 Å². The molecule has 0 amide bonds. The summed E-state index contributed by atoms with van der Waals surface area (Å²) in [7, 11) is 0. The predicted octanol–water partition coefficient (Wildman–Crippen LogP) is -1.40. The maximum atomic E-state index is 10.5. The van der Waals surface area contributed by atoms with Gasteiger partial charge in [0.25, 0.3) is 5.69 Å². The molecule has 2 aromatic heterocycles. The zero-order valence-electron chi connectivity index (χ0n) is 14.4. The van der Waals surface area contributed by atoms with E-state index >= 15 is 0 Å². The number of aromatic carboxylic acids is 2. The molecule has 0 aliphatic rings. The number of nitro benzene ring substituents is 1. The van der Waals surface area contributed by atoms with Crippen LogP contribution >= 0.6 is 0 Å². The fraction of sp³-hybridized carbons (Fsp3) is 0.125. The third-order valence-corrected chi connectivity index (χ3v) is 3.03. The van der Waals surface area contributed by atoms with Crippen molar-refractivity contribution >= 4 is 17.6 Å². The second kappa shape index (κ2) is 10.1. The number of aryl methyl sites for hydroxylation is 2. The topological polar surface area (TPSA) is 183 Å². The van der Waals surface area contributed by atoms with E-state index in [0.717, 1.165) is 29.8 Å². The lowest BCUT2D eigenvalue weighted by molar-refractivity contribution is -0.386. The molecule has 11 nitrogen and oxygen atoms in total. The van der Waals surface area contributed by atoms with Crippen LogP contribution in [0.2, 0.25) is 0 Å². The number of benzene rings is 1. The van der Waals surface area contributed by atoms with Crippen LogP contribution in [-0.2, 0) is 0 Å². The standard InChI is InChI=1S/C8H5NO6.2C4H6N2/c10-7(11)4-2-1-3-5(9(14)15)6(4)8(12)13;2*1-4-5-2-3-6-4/h1-3H,(H,10,11)(H,12,13);2*2-3H,1H3,(H,5,6). The second-order valence-electron chi connectivity index (χ2n) is 5.03. The Balaban J connectivity index is 0.000000246. The number of nitro groups is 1. The molecule has 0 aliphatic heterocycles. The lowest BCUT2D eigenvalue weighted by Crippen LogP contribution is -2.30. The number of carbonyl (C=O) groups is 2. The minimum absolute atomic E-state index is 0.774. The monoisotopic (exact) mass is 375 g/mol. The van der Waals surface area contributed by atoms with Crippen molar-refractivity contribution in [2.45, 2.75) is 13.8 Å². The van der Waals surface area contributed by atoms with E-state index in [1.807, 2.05) is 38.6 Å². The maximum Gasteiger partial charge on any atom is 0.279 e. The molecule has 11 heteroatoms. The molecule has 0 radical (unpaired) electrons. The van der Waals surface area contributed by atoms with E-state index in [1.54, 1.807) is 0 Å². The van der Waals surface area contributed by atoms with E-state index < -0.39 is 33.7 Å². The molecule has 3 rings (SSSR count). The van der Waals surface area contributed by atoms with E-state index in [-0.39, 0.29) is 0 Å². The quantitative estimate of drug-likeness (QED) is 0.419. The molecule has 0 saturated carbocycles. The number of nitrogens with one attached hydrogen (secondary N) is 4. The van der Waals surface area contributed by atoms with Crippen molar-refractivity contribution in [3.8, 4) is 0 Å². The van der Waals surface area contributed by atoms with Gasteiger partial charge >= 0.3 is 0 Å². The van der Waals surface area contributed by atoms with Crippen molar-refractivity contribution in [2.24, 2.45) is 0 Å². The van der Waals surface area contributed by atoms with E-state index in [2.05, 4.69) is 19.9 Å². The molecule has 0 spiro atoms. The Labute approximate surface area is 152 Å². The highest BCUT2D eigenvalue weighted by molar-refractivity contribution is 6.03. The number of carboxylic acid groups (broad SMARTS) is 2. The molecule has 142 valence electrons. The molecule has 27 heavy (non-hydrogen) atoms. The zero-order valence-corrected chi connectivity index (χ0v) is 14.4. The van der Waals surface area contributed by atoms with Crippen LogP contribution in [0.3, 0.4) is 0 Å². The minimum Gasteiger partial charge on any atom is -0.545 e. The fourth-order valence-electron chi connectivity index (χ4n) is 1.83. The predicted molar refractivity (Wildman–Crippen MR) is 85.9 cm³/mol. The van der Waals surface area contributed by atoms with Crippen molar-refractivity contribution < 1.29 is 34.7 Å². The van der Waals surface area contributed by atoms with E-state index in [4.69, 9.17) is 0 Å². The largest absolute Gasteiger partial charge is 0.545 e. The highest BCUT2D eigenvalue weighted by Crippen LogP contribution is 2.21. The van der Waals surface area contributed by atoms with Crippen LogP contribution in [0.4, 0.5) is 5.69 Å². The molecule has 2 heterocycles. The SMILES string of the molecule is Cc1[nH]cc[nH+]1.Cc1[nH]cc[nH+]1.O=C([O-])c1cccc([N+](=O)[O-])c1C(=O)[O-]. The first-order valence-electron chi connectivity index (χ1n) is 7.47. The van der Waals surface area contributed by atoms with Crippen molar-refractivity contribution in [1.82, 2.24) is 9.97 Å². The van der Waals surface area contributed by atoms with Crippen LogP contribution in [0.1, 0.15) is 32.4 Å². The van der Waals surface area contributed by atoms with Crippen LogP contribution < -0.4 is 20.2 Å². The first kappa shape index (κ1) is 21.0. The molecule has 0 atom stereocenters. The normalized spacial score (nSPS) is 9.26. The lowest BCUT2D eigenvalue weighted by atomic mass is 10.1. The Morgan fingerprint density at radius 1 is 0.963 bits per heavy atom. The minimum atomic E-state index is -1.93. The van der Waals surface area contributed by atoms with Crippen LogP contribution in [0.25, 0.3) is 0 Å². The maximum absolute atomic E-state index is 10.5. The highest BCUT2D eigenvalue weighted by atomic mass is 16.6. The van der Waals surface area contributed by atoms with E-state index in [0.29, 0.717) is 0 Å². The Hall–Kier alpha value is -4.02. The Morgan fingerprint density at radius 3 is 1.74 bits per heavy atom. The smallest absolute Gasteiger partial charge is 0.279 e. The molecule has 1 aromatic carbocycles. The summed E-state index contributed by atoms with van der Waals surface area (Å²) in [6.07, 6.45) is 7.43. The molecule has 0 saturated heterocycles. The summed E-state index contributed by atoms with van der Waals surface area (Å²) in [4.78, 5) is 42.2. The van der Waals surface area contributed by atoms with Crippen molar-refractivity contribution in [1.29, 1.82) is 0 Å². The third kappa shape index (κ3) is 6.78. The number of nitrogens with zero attached hydrogens (tertiary/aromatic N) is 1. The van der Waals surface area contributed by atoms with E-state index in [1.165, 1.54) is 0 Å². The summed E-state index contributed by atoms with van der Waals surface area (Å²) >= 11 is 0. The fourth-order valence-corrected chi connectivity index (χ4v) is 1.83. The number of aromatic nitrogens is 4. The van der Waals surface area contributed by atoms with Crippen molar-refractivity contribution in [3.05, 3.63) is 75.9 Å². The number of aromatic amines is 4. The summed E-state index contributed by atoms with van der Waals surface area (Å²) < 4.78 is 0. The summed E-state index contributed by atoms with van der Waals surface area (Å²) in [5.41, 5.74) is -2.59. The summed E-state index contributed by atoms with van der Waals surface area (Å²) in [6.45, 7) is 3.94. The molecule has 0 bridgehead atoms. The van der Waals surface area contributed by atoms with Gasteiger partial charge in [-0.15, -0.1) is 0 Å². The summed E-state index contributed by atoms with van der Waals surface area (Å²) in [5.74, 6) is -1.55. The lowest BCUT2D eigenvalue weighted by Gasteiger charge is -2.10. The van der Waals surface area contributed by atoms with Gasteiger partial charge in [0.1, 0.15) is 24.8 Å². The van der Waals surface area contributed by atoms with Gasteiger partial charge in [-0.1, -0.05) is 12.1 Å². The van der Waals surface area contributed by atoms with Gasteiger partial charge in [0.05, 0.1) is 22.4 Å². The van der Waals surface area contributed by atoms with Gasteiger partial charge in [-0.25, -0.2) is 19.9 Å². The number of rotatable bonds is 3. The average Bonchev–Trinajstić information content (AvgIpc) is 3.28.